The van der Waals surface area contributed by atoms with E-state index in [1.54, 1.807) is 5.30 Å². The zero-order valence-electron chi connectivity index (χ0n) is 8.77. The van der Waals surface area contributed by atoms with Crippen LogP contribution in [0.2, 0.25) is 0 Å². The number of aryl methyl sites for hydroxylation is 2. The molecule has 0 amide bonds. The van der Waals surface area contributed by atoms with E-state index in [2.05, 4.69) is 25.0 Å². The first-order valence-electron chi connectivity index (χ1n) is 5.39. The van der Waals surface area contributed by atoms with Gasteiger partial charge in [0, 0.05) is 6.20 Å². The van der Waals surface area contributed by atoms with Gasteiger partial charge in [0.05, 0.1) is 5.43 Å². The van der Waals surface area contributed by atoms with E-state index in [9.17, 15) is 0 Å². The topological polar surface area (TPSA) is 12.9 Å². The minimum absolute atomic E-state index is 0.922. The smallest absolute Gasteiger partial charge is 0.0564 e. The molecule has 1 rings (SSSR count). The predicted octanol–water partition coefficient (Wildman–Crippen LogP) is 3.80. The first-order valence-corrected chi connectivity index (χ1v) is 6.39. The quantitative estimate of drug-likeness (QED) is 0.676. The second-order valence-corrected chi connectivity index (χ2v) is 5.03. The molecule has 0 fully saturated rings. The highest BCUT2D eigenvalue weighted by molar-refractivity contribution is 7.31. The Bertz CT molecular complexity index is 207. The maximum absolute atomic E-state index is 4.47. The molecule has 1 aromatic rings. The zero-order chi connectivity index (χ0) is 9.52. The summed E-state index contributed by atoms with van der Waals surface area (Å²) in [4.78, 5) is 4.47. The Balaban J connectivity index is 2.34. The fourth-order valence-electron chi connectivity index (χ4n) is 1.37. The van der Waals surface area contributed by atoms with Crippen LogP contribution in [0.25, 0.3) is 0 Å². The van der Waals surface area contributed by atoms with Crippen molar-refractivity contribution in [1.29, 1.82) is 0 Å². The minimum atomic E-state index is 0.922. The SMILES string of the molecule is CCCCc1cnc(CCCC)[pH]1. The Hall–Kier alpha value is -0.290. The predicted molar refractivity (Wildman–Crippen MR) is 61.0 cm³/mol. The average molecular weight is 197 g/mol. The van der Waals surface area contributed by atoms with Crippen LogP contribution in [0.5, 0.6) is 0 Å². The zero-order valence-corrected chi connectivity index (χ0v) is 9.77. The fourth-order valence-corrected chi connectivity index (χ4v) is 2.60. The Morgan fingerprint density at radius 3 is 2.54 bits per heavy atom. The normalized spacial score (nSPS) is 11.2. The molecule has 1 heterocycles. The molecule has 1 atom stereocenters. The molecule has 0 saturated carbocycles. The van der Waals surface area contributed by atoms with Gasteiger partial charge in [0.15, 0.2) is 0 Å². The Labute approximate surface area is 83.1 Å². The van der Waals surface area contributed by atoms with E-state index in [0.29, 0.717) is 0 Å². The molecule has 0 aliphatic carbocycles. The van der Waals surface area contributed by atoms with Gasteiger partial charge in [0.25, 0.3) is 0 Å². The van der Waals surface area contributed by atoms with Crippen molar-refractivity contribution >= 4 is 8.19 Å². The van der Waals surface area contributed by atoms with E-state index < -0.39 is 0 Å². The molecular weight excluding hydrogens is 177 g/mol. The molecule has 74 valence electrons. The second kappa shape index (κ2) is 6.21. The first-order chi connectivity index (χ1) is 6.36. The Morgan fingerprint density at radius 1 is 1.15 bits per heavy atom. The molecule has 1 nitrogen and oxygen atoms in total. The van der Waals surface area contributed by atoms with Crippen LogP contribution in [0.4, 0.5) is 0 Å². The first kappa shape index (κ1) is 10.8. The maximum atomic E-state index is 4.47. The second-order valence-electron chi connectivity index (χ2n) is 3.56. The lowest BCUT2D eigenvalue weighted by Gasteiger charge is -1.93. The van der Waals surface area contributed by atoms with Crippen molar-refractivity contribution in [2.24, 2.45) is 0 Å². The standard InChI is InChI=1S/C11H20NP/c1-3-5-7-10-9-12-11(13-10)8-6-4-2/h9,13H,3-8H2,1-2H3. The molecular formula is C11H20NP. The molecule has 0 aliphatic heterocycles. The van der Waals surface area contributed by atoms with Gasteiger partial charge in [-0.3, -0.25) is 4.98 Å². The van der Waals surface area contributed by atoms with Gasteiger partial charge in [0.2, 0.25) is 0 Å². The van der Waals surface area contributed by atoms with Crippen LogP contribution in [-0.2, 0) is 12.8 Å². The third-order valence-electron chi connectivity index (χ3n) is 2.25. The van der Waals surface area contributed by atoms with Crippen molar-refractivity contribution < 1.29 is 0 Å². The van der Waals surface area contributed by atoms with Gasteiger partial charge in [-0.05, 0) is 31.0 Å². The van der Waals surface area contributed by atoms with Gasteiger partial charge in [0.1, 0.15) is 0 Å². The highest BCUT2D eigenvalue weighted by Crippen LogP contribution is 2.22. The van der Waals surface area contributed by atoms with Crippen LogP contribution in [0, 0.1) is 0 Å². The van der Waals surface area contributed by atoms with Crippen LogP contribution in [-0.4, -0.2) is 4.98 Å². The Morgan fingerprint density at radius 2 is 1.85 bits per heavy atom. The van der Waals surface area contributed by atoms with Crippen molar-refractivity contribution in [3.63, 3.8) is 0 Å². The molecule has 0 bridgehead atoms. The summed E-state index contributed by atoms with van der Waals surface area (Å²) in [5.41, 5.74) is 1.44. The number of nitrogens with zero attached hydrogens (tertiary/aromatic N) is 1. The molecule has 1 unspecified atom stereocenters. The average Bonchev–Trinajstić information content (AvgIpc) is 2.59. The molecule has 13 heavy (non-hydrogen) atoms. The van der Waals surface area contributed by atoms with Crippen LogP contribution < -0.4 is 0 Å². The van der Waals surface area contributed by atoms with E-state index in [1.165, 1.54) is 44.0 Å². The molecule has 1 aromatic heterocycles. The van der Waals surface area contributed by atoms with E-state index in [4.69, 9.17) is 0 Å². The Kier molecular flexibility index (Phi) is 5.15. The van der Waals surface area contributed by atoms with E-state index in [0.717, 1.165) is 8.19 Å². The molecule has 0 radical (unpaired) electrons. The van der Waals surface area contributed by atoms with Gasteiger partial charge < -0.3 is 0 Å². The highest BCUT2D eigenvalue weighted by atomic mass is 31.0. The fraction of sp³-hybridized carbons (Fsp3) is 0.727. The summed E-state index contributed by atoms with van der Waals surface area (Å²) in [6.07, 6.45) is 9.82. The molecule has 0 N–H and O–H groups in total. The number of aromatic nitrogens is 1. The lowest BCUT2D eigenvalue weighted by atomic mass is 10.2. The van der Waals surface area contributed by atoms with Gasteiger partial charge in [-0.2, -0.15) is 0 Å². The lowest BCUT2D eigenvalue weighted by molar-refractivity contribution is 0.789. The van der Waals surface area contributed by atoms with E-state index in [-0.39, 0.29) is 0 Å². The monoisotopic (exact) mass is 197 g/mol. The third-order valence-corrected chi connectivity index (χ3v) is 3.62. The summed E-state index contributed by atoms with van der Waals surface area (Å²) in [6.45, 7) is 4.49. The summed E-state index contributed by atoms with van der Waals surface area (Å²) < 4.78 is 0. The van der Waals surface area contributed by atoms with Crippen molar-refractivity contribution in [2.45, 2.75) is 52.4 Å². The summed E-state index contributed by atoms with van der Waals surface area (Å²) in [5, 5.41) is 1.58. The number of hydrogen-bond acceptors (Lipinski definition) is 1. The van der Waals surface area contributed by atoms with E-state index in [1.807, 2.05) is 0 Å². The number of rotatable bonds is 6. The highest BCUT2D eigenvalue weighted by Gasteiger charge is 1.99. The van der Waals surface area contributed by atoms with Gasteiger partial charge in [-0.25, -0.2) is 0 Å². The summed E-state index contributed by atoms with van der Waals surface area (Å²) >= 11 is 0. The summed E-state index contributed by atoms with van der Waals surface area (Å²) in [7, 11) is 0.922. The largest absolute Gasteiger partial charge is 0.257 e. The third kappa shape index (κ3) is 3.95. The van der Waals surface area contributed by atoms with E-state index >= 15 is 0 Å². The molecule has 0 saturated heterocycles. The maximum Gasteiger partial charge on any atom is 0.0564 e. The lowest BCUT2D eigenvalue weighted by Crippen LogP contribution is -1.79. The number of unbranched alkanes of at least 4 members (excludes halogenated alkanes) is 2. The van der Waals surface area contributed by atoms with Crippen LogP contribution in [0.1, 0.15) is 50.3 Å². The summed E-state index contributed by atoms with van der Waals surface area (Å²) in [6, 6.07) is 0. The van der Waals surface area contributed by atoms with Crippen LogP contribution in [0.15, 0.2) is 6.20 Å². The van der Waals surface area contributed by atoms with Crippen molar-refractivity contribution in [3.05, 3.63) is 16.9 Å². The van der Waals surface area contributed by atoms with Crippen LogP contribution in [0.3, 0.4) is 0 Å². The van der Waals surface area contributed by atoms with Gasteiger partial charge in [-0.15, -0.1) is 8.19 Å². The molecule has 0 spiro atoms. The van der Waals surface area contributed by atoms with Gasteiger partial charge in [-0.1, -0.05) is 26.7 Å². The minimum Gasteiger partial charge on any atom is -0.257 e. The molecule has 0 aromatic carbocycles. The van der Waals surface area contributed by atoms with Crippen molar-refractivity contribution in [1.82, 2.24) is 4.98 Å². The van der Waals surface area contributed by atoms with Crippen molar-refractivity contribution in [3.8, 4) is 0 Å². The van der Waals surface area contributed by atoms with Gasteiger partial charge >= 0.3 is 0 Å². The number of hydrogen-bond donors (Lipinski definition) is 0. The summed E-state index contributed by atoms with van der Waals surface area (Å²) in [5.74, 6) is 0. The molecule has 0 aliphatic rings. The molecule has 2 heteroatoms. The van der Waals surface area contributed by atoms with Crippen molar-refractivity contribution in [2.75, 3.05) is 0 Å². The van der Waals surface area contributed by atoms with Crippen LogP contribution >= 0.6 is 8.19 Å².